The molecule has 0 atom stereocenters. The molecule has 0 fully saturated rings. The van der Waals surface area contributed by atoms with E-state index in [2.05, 4.69) is 10.4 Å². The molecular weight excluding hydrogens is 250 g/mol. The van der Waals surface area contributed by atoms with Crippen LogP contribution in [0.3, 0.4) is 0 Å². The van der Waals surface area contributed by atoms with Crippen LogP contribution in [-0.4, -0.2) is 9.78 Å². The first-order valence-corrected chi connectivity index (χ1v) is 6.24. The molecule has 1 N–H and O–H groups in total. The van der Waals surface area contributed by atoms with Crippen LogP contribution in [0.4, 0.5) is 5.69 Å². The number of rotatable bonds is 3. The summed E-state index contributed by atoms with van der Waals surface area (Å²) in [6, 6.07) is 9.20. The van der Waals surface area contributed by atoms with E-state index >= 15 is 0 Å². The van der Waals surface area contributed by atoms with E-state index in [0.29, 0.717) is 17.7 Å². The fourth-order valence-electron chi connectivity index (χ4n) is 2.11. The molecule has 0 aliphatic carbocycles. The summed E-state index contributed by atoms with van der Waals surface area (Å²) in [5.41, 5.74) is 4.86. The lowest BCUT2D eigenvalue weighted by Crippen LogP contribution is -2.03. The number of nitrogens with zero attached hydrogens (tertiary/aromatic N) is 4. The predicted molar refractivity (Wildman–Crippen MR) is 75.9 cm³/mol. The Morgan fingerprint density at radius 3 is 2.45 bits per heavy atom. The van der Waals surface area contributed by atoms with E-state index in [9.17, 15) is 0 Å². The lowest BCUT2D eigenvalue weighted by atomic mass is 10.1. The summed E-state index contributed by atoms with van der Waals surface area (Å²) in [6.45, 7) is 4.64. The number of hydrogen-bond donors (Lipinski definition) is 1. The highest BCUT2D eigenvalue weighted by atomic mass is 15.3. The molecule has 5 nitrogen and oxygen atoms in total. The Morgan fingerprint density at radius 2 is 1.90 bits per heavy atom. The quantitative estimate of drug-likeness (QED) is 0.924. The predicted octanol–water partition coefficient (Wildman–Crippen LogP) is 2.39. The number of hydrogen-bond acceptors (Lipinski definition) is 4. The fourth-order valence-corrected chi connectivity index (χ4v) is 2.11. The lowest BCUT2D eigenvalue weighted by Gasteiger charge is -2.08. The highest BCUT2D eigenvalue weighted by Crippen LogP contribution is 2.18. The second-order valence-corrected chi connectivity index (χ2v) is 4.61. The van der Waals surface area contributed by atoms with Crippen molar-refractivity contribution in [3.63, 3.8) is 0 Å². The van der Waals surface area contributed by atoms with E-state index in [1.54, 1.807) is 18.2 Å². The van der Waals surface area contributed by atoms with Gasteiger partial charge in [-0.2, -0.15) is 15.6 Å². The molecule has 5 heteroatoms. The molecular formula is C15H15N5. The molecule has 0 radical (unpaired) electrons. The van der Waals surface area contributed by atoms with Gasteiger partial charge in [0, 0.05) is 30.5 Å². The SMILES string of the molecule is Cc1nn(C)c(C)c1CNc1ccc(C#N)c(C#N)c1. The average Bonchev–Trinajstić information content (AvgIpc) is 2.70. The highest BCUT2D eigenvalue weighted by Gasteiger charge is 2.09. The first-order valence-electron chi connectivity index (χ1n) is 6.24. The summed E-state index contributed by atoms with van der Waals surface area (Å²) in [6.07, 6.45) is 0. The largest absolute Gasteiger partial charge is 0.381 e. The van der Waals surface area contributed by atoms with Crippen molar-refractivity contribution in [1.82, 2.24) is 9.78 Å². The molecule has 1 aromatic heterocycles. The van der Waals surface area contributed by atoms with Gasteiger partial charge in [-0.25, -0.2) is 0 Å². The van der Waals surface area contributed by atoms with Gasteiger partial charge in [0.15, 0.2) is 0 Å². The Hall–Kier alpha value is -2.79. The van der Waals surface area contributed by atoms with Gasteiger partial charge in [-0.3, -0.25) is 4.68 Å². The summed E-state index contributed by atoms with van der Waals surface area (Å²) in [4.78, 5) is 0. The normalized spacial score (nSPS) is 9.85. The topological polar surface area (TPSA) is 77.4 Å². The van der Waals surface area contributed by atoms with Crippen molar-refractivity contribution in [1.29, 1.82) is 10.5 Å². The van der Waals surface area contributed by atoms with Gasteiger partial charge in [-0.15, -0.1) is 0 Å². The van der Waals surface area contributed by atoms with Crippen LogP contribution in [0.15, 0.2) is 18.2 Å². The maximum absolute atomic E-state index is 9.01. The Labute approximate surface area is 118 Å². The van der Waals surface area contributed by atoms with Crippen LogP contribution < -0.4 is 5.32 Å². The van der Waals surface area contributed by atoms with Gasteiger partial charge in [0.2, 0.25) is 0 Å². The molecule has 100 valence electrons. The van der Waals surface area contributed by atoms with E-state index < -0.39 is 0 Å². The summed E-state index contributed by atoms with van der Waals surface area (Å²) >= 11 is 0. The van der Waals surface area contributed by atoms with E-state index in [-0.39, 0.29) is 0 Å². The number of aromatic nitrogens is 2. The van der Waals surface area contributed by atoms with Crippen molar-refractivity contribution in [2.45, 2.75) is 20.4 Å². The van der Waals surface area contributed by atoms with Crippen molar-refractivity contribution in [2.24, 2.45) is 7.05 Å². The van der Waals surface area contributed by atoms with Crippen LogP contribution in [0.2, 0.25) is 0 Å². The minimum Gasteiger partial charge on any atom is -0.381 e. The van der Waals surface area contributed by atoms with E-state index in [1.807, 2.05) is 37.7 Å². The zero-order chi connectivity index (χ0) is 14.7. The monoisotopic (exact) mass is 265 g/mol. The van der Waals surface area contributed by atoms with Crippen molar-refractivity contribution in [2.75, 3.05) is 5.32 Å². The summed E-state index contributed by atoms with van der Waals surface area (Å²) in [7, 11) is 1.92. The minimum atomic E-state index is 0.386. The molecule has 0 saturated heterocycles. The van der Waals surface area contributed by atoms with Gasteiger partial charge in [0.1, 0.15) is 12.1 Å². The molecule has 0 bridgehead atoms. The molecule has 2 aromatic rings. The van der Waals surface area contributed by atoms with Gasteiger partial charge >= 0.3 is 0 Å². The highest BCUT2D eigenvalue weighted by molar-refractivity contribution is 5.56. The van der Waals surface area contributed by atoms with Crippen molar-refractivity contribution in [3.8, 4) is 12.1 Å². The summed E-state index contributed by atoms with van der Waals surface area (Å²) in [5.74, 6) is 0. The molecule has 0 spiro atoms. The Morgan fingerprint density at radius 1 is 1.20 bits per heavy atom. The molecule has 2 rings (SSSR count). The number of benzene rings is 1. The van der Waals surface area contributed by atoms with Crippen LogP contribution in [-0.2, 0) is 13.6 Å². The Bertz CT molecular complexity index is 728. The van der Waals surface area contributed by atoms with Crippen LogP contribution >= 0.6 is 0 Å². The summed E-state index contributed by atoms with van der Waals surface area (Å²) < 4.78 is 1.85. The maximum atomic E-state index is 9.01. The molecule has 0 amide bonds. The molecule has 0 unspecified atom stereocenters. The van der Waals surface area contributed by atoms with E-state index in [1.165, 1.54) is 0 Å². The fraction of sp³-hybridized carbons (Fsp3) is 0.267. The average molecular weight is 265 g/mol. The molecule has 0 aliphatic heterocycles. The van der Waals surface area contributed by atoms with Crippen LogP contribution in [0.1, 0.15) is 28.1 Å². The maximum Gasteiger partial charge on any atom is 0.101 e. The zero-order valence-corrected chi connectivity index (χ0v) is 11.7. The third kappa shape index (κ3) is 2.48. The molecule has 0 saturated carbocycles. The molecule has 20 heavy (non-hydrogen) atoms. The van der Waals surface area contributed by atoms with Gasteiger partial charge in [-0.05, 0) is 32.0 Å². The lowest BCUT2D eigenvalue weighted by molar-refractivity contribution is 0.730. The second kappa shape index (κ2) is 5.46. The summed E-state index contributed by atoms with van der Waals surface area (Å²) in [5, 5.41) is 25.5. The first kappa shape index (κ1) is 13.6. The zero-order valence-electron chi connectivity index (χ0n) is 11.7. The van der Waals surface area contributed by atoms with E-state index in [0.717, 1.165) is 22.6 Å². The van der Waals surface area contributed by atoms with E-state index in [4.69, 9.17) is 10.5 Å². The van der Waals surface area contributed by atoms with Gasteiger partial charge in [0.25, 0.3) is 0 Å². The van der Waals surface area contributed by atoms with Crippen LogP contribution in [0.25, 0.3) is 0 Å². The molecule has 1 heterocycles. The number of nitrogens with one attached hydrogen (secondary N) is 1. The van der Waals surface area contributed by atoms with Crippen molar-refractivity contribution in [3.05, 3.63) is 46.3 Å². The second-order valence-electron chi connectivity index (χ2n) is 4.61. The van der Waals surface area contributed by atoms with Crippen LogP contribution in [0, 0.1) is 36.5 Å². The van der Waals surface area contributed by atoms with Gasteiger partial charge in [0.05, 0.1) is 16.8 Å². The number of aryl methyl sites for hydroxylation is 2. The number of anilines is 1. The Balaban J connectivity index is 2.20. The third-order valence-electron chi connectivity index (χ3n) is 3.39. The molecule has 0 aliphatic rings. The smallest absolute Gasteiger partial charge is 0.101 e. The third-order valence-corrected chi connectivity index (χ3v) is 3.39. The Kier molecular flexibility index (Phi) is 3.72. The minimum absolute atomic E-state index is 0.386. The standard InChI is InChI=1S/C15H15N5/c1-10-15(11(2)20(3)19-10)9-18-14-5-4-12(7-16)13(6-14)8-17/h4-6,18H,9H2,1-3H3. The number of nitriles is 2. The van der Waals surface area contributed by atoms with Gasteiger partial charge in [-0.1, -0.05) is 0 Å². The molecule has 1 aromatic carbocycles. The van der Waals surface area contributed by atoms with Crippen LogP contribution in [0.5, 0.6) is 0 Å². The first-order chi connectivity index (χ1) is 9.56. The van der Waals surface area contributed by atoms with Crippen molar-refractivity contribution < 1.29 is 0 Å². The van der Waals surface area contributed by atoms with Gasteiger partial charge < -0.3 is 5.32 Å². The van der Waals surface area contributed by atoms with Crippen molar-refractivity contribution >= 4 is 5.69 Å².